The van der Waals surface area contributed by atoms with Crippen molar-refractivity contribution in [2.24, 2.45) is 39.6 Å². The maximum Gasteiger partial charge on any atom is 0.322 e. The summed E-state index contributed by atoms with van der Waals surface area (Å²) in [7, 11) is 0. The maximum absolute atomic E-state index is 14.8. The predicted molar refractivity (Wildman–Crippen MR) is 372 cm³/mol. The van der Waals surface area contributed by atoms with E-state index in [1.807, 2.05) is 36.4 Å². The molecular formula is C67H91ClN18O16. The molecule has 0 spiro atoms. The number of nitrogens with one attached hydrogen (secondary N) is 10. The zero-order chi connectivity index (χ0) is 75.2. The Kier molecular flexibility index (Phi) is 32.9. The second kappa shape index (κ2) is 41.0. The Hall–Kier alpha value is -10.9. The maximum atomic E-state index is 14.8. The minimum atomic E-state index is -2.10. The van der Waals surface area contributed by atoms with E-state index in [4.69, 9.17) is 40.3 Å². The molecule has 1 saturated heterocycles. The summed E-state index contributed by atoms with van der Waals surface area (Å²) < 4.78 is 0. The molecule has 10 atom stereocenters. The number of pyridine rings is 1. The molecule has 0 radical (unpaired) electrons. The van der Waals surface area contributed by atoms with E-state index < -0.39 is 169 Å². The Bertz CT molecular complexity index is 3660. The van der Waals surface area contributed by atoms with E-state index in [2.05, 4.69) is 63.1 Å². The Balaban J connectivity index is 1.45. The smallest absolute Gasteiger partial charge is 0.322 e. The molecule has 1 aromatic heterocycles. The predicted octanol–water partition coefficient (Wildman–Crippen LogP) is -3.36. The van der Waals surface area contributed by atoms with Crippen LogP contribution in [0.25, 0.3) is 10.8 Å². The molecular weight excluding hydrogens is 1350 g/mol. The summed E-state index contributed by atoms with van der Waals surface area (Å²) in [5.74, 6) is -15.0. The van der Waals surface area contributed by atoms with Gasteiger partial charge in [0.25, 0.3) is 0 Å². The summed E-state index contributed by atoms with van der Waals surface area (Å²) in [5, 5.41) is 46.7. The summed E-state index contributed by atoms with van der Waals surface area (Å²) in [4.78, 5) is 201. The zero-order valence-corrected chi connectivity index (χ0v) is 57.5. The van der Waals surface area contributed by atoms with Crippen molar-refractivity contribution in [2.45, 2.75) is 158 Å². The lowest BCUT2D eigenvalue weighted by Crippen LogP contribution is -2.61. The Labute approximate surface area is 592 Å². The number of amides is 12. The van der Waals surface area contributed by atoms with Crippen LogP contribution in [-0.4, -0.2) is 202 Å². The molecule has 5 rings (SSSR count). The number of hydrogen-bond donors (Lipinski definition) is 17. The number of carboxylic acids is 2. The van der Waals surface area contributed by atoms with Gasteiger partial charge in [0.15, 0.2) is 5.96 Å². The van der Waals surface area contributed by atoms with Gasteiger partial charge in [-0.15, -0.1) is 0 Å². The van der Waals surface area contributed by atoms with Gasteiger partial charge in [0.1, 0.15) is 67.0 Å². The fourth-order valence-electron chi connectivity index (χ4n) is 11.1. The summed E-state index contributed by atoms with van der Waals surface area (Å²) >= 11 is 6.21. The first-order chi connectivity index (χ1) is 48.4. The van der Waals surface area contributed by atoms with E-state index in [1.165, 1.54) is 30.3 Å². The van der Waals surface area contributed by atoms with Crippen LogP contribution in [0, 0.1) is 5.92 Å². The number of fused-ring (bicyclic) bond motifs is 1. The number of halogens is 1. The van der Waals surface area contributed by atoms with E-state index in [1.54, 1.807) is 50.2 Å². The van der Waals surface area contributed by atoms with Crippen molar-refractivity contribution in [3.63, 3.8) is 0 Å². The third-order valence-electron chi connectivity index (χ3n) is 16.2. The van der Waals surface area contributed by atoms with Gasteiger partial charge in [-0.1, -0.05) is 86.1 Å². The van der Waals surface area contributed by atoms with Crippen molar-refractivity contribution >= 4 is 111 Å². The van der Waals surface area contributed by atoms with Gasteiger partial charge in [-0.25, -0.2) is 0 Å². The van der Waals surface area contributed by atoms with Crippen molar-refractivity contribution in [3.05, 3.63) is 113 Å². The van der Waals surface area contributed by atoms with Crippen LogP contribution in [0.2, 0.25) is 5.02 Å². The number of nitrogens with two attached hydrogens (primary N) is 5. The second-order valence-electron chi connectivity index (χ2n) is 24.8. The Morgan fingerprint density at radius 2 is 1.13 bits per heavy atom. The summed E-state index contributed by atoms with van der Waals surface area (Å²) in [5.41, 5.74) is 29.5. The van der Waals surface area contributed by atoms with Crippen molar-refractivity contribution < 1.29 is 77.3 Å². The van der Waals surface area contributed by atoms with Crippen molar-refractivity contribution in [3.8, 4) is 0 Å². The van der Waals surface area contributed by atoms with Crippen molar-refractivity contribution in [2.75, 3.05) is 32.7 Å². The van der Waals surface area contributed by atoms with Crippen LogP contribution in [0.5, 0.6) is 0 Å². The number of guanidine groups is 1. The van der Waals surface area contributed by atoms with E-state index in [-0.39, 0.29) is 89.4 Å². The molecule has 0 saturated carbocycles. The van der Waals surface area contributed by atoms with Gasteiger partial charge in [0.05, 0.1) is 6.42 Å². The SMILES string of the molecule is CC(=O)N[C@H](Cc1ccc2ccccc2c1)C(=O)N[C@H](Cc1ccc(Cl)cc1)C(=O)N[C@H](Cc1cccnc1)C(=O)N[C@@H](CC(=O)O)C(=O)N[C@@H](CCC(=O)NCC(=O)O)C(=O)N[C@H](CCCN=C(N)N)C(=O)N[C@@H](CC(C)C)C(=O)N[C@@H](CCN)C(=O)N1CCC[C@H]1C(=O)N[C@@H](CN)C(N)=O. The molecule has 0 aliphatic carbocycles. The van der Waals surface area contributed by atoms with Gasteiger partial charge >= 0.3 is 11.9 Å². The molecule has 12 amide bonds. The number of carbonyl (C=O) groups is 14. The zero-order valence-electron chi connectivity index (χ0n) is 56.7. The Morgan fingerprint density at radius 3 is 1.70 bits per heavy atom. The lowest BCUT2D eigenvalue weighted by molar-refractivity contribution is -0.142. The van der Waals surface area contributed by atoms with Gasteiger partial charge in [-0.3, -0.25) is 77.1 Å². The monoisotopic (exact) mass is 1440 g/mol. The highest BCUT2D eigenvalue weighted by Gasteiger charge is 2.41. The third-order valence-corrected chi connectivity index (χ3v) is 16.4. The van der Waals surface area contributed by atoms with Crippen LogP contribution in [0.15, 0.2) is 96.2 Å². The van der Waals surface area contributed by atoms with E-state index >= 15 is 0 Å². The van der Waals surface area contributed by atoms with Crippen LogP contribution in [-0.2, 0) is 86.4 Å². The molecule has 3 aromatic carbocycles. The molecule has 552 valence electrons. The molecule has 1 fully saturated rings. The standard InChI is InChI=1S/C67H91ClN18O16/c1-36(2)27-47(60(96)80-46(22-23-69)66(102)86-26-8-13-53(86)65(101)85-52(33-70)57(71)93)81-58(94)44(12-7-25-75-67(72)73)78-59(95)45(20-21-54(88)76-35-56(91)92)79-64(100)51(32-55(89)90)84-63(99)50(31-40-9-6-24-74-34-40)83-62(98)49(29-38-15-18-43(68)19-16-38)82-61(97)48(77-37(3)87)30-39-14-17-41-10-4-5-11-42(41)28-39/h4-6,9-11,14-19,24,28,34,36,44-53H,7-8,12-13,20-23,25-27,29-33,35,69-70H2,1-3H3,(H2,71,93)(H,76,88)(H,77,87)(H,78,95)(H,79,100)(H,80,96)(H,81,94)(H,82,97)(H,83,98)(H,84,99)(H,85,101)(H,89,90)(H,91,92)(H4,72,73,75)/t44-,45+,46+,47+,48-,49-,50-,51+,52+,53+/m1/s1. The van der Waals surface area contributed by atoms with Crippen LogP contribution in [0.3, 0.4) is 0 Å². The van der Waals surface area contributed by atoms with Crippen molar-refractivity contribution in [1.29, 1.82) is 0 Å². The summed E-state index contributed by atoms with van der Waals surface area (Å²) in [6.45, 7) is 3.31. The minimum absolute atomic E-state index is 0.0180. The molecule has 34 nitrogen and oxygen atoms in total. The molecule has 102 heavy (non-hydrogen) atoms. The van der Waals surface area contributed by atoms with Gasteiger partial charge in [-0.2, -0.15) is 0 Å². The number of likely N-dealkylation sites (tertiary alicyclic amines) is 1. The lowest BCUT2D eigenvalue weighted by Gasteiger charge is -2.31. The molecule has 22 N–H and O–H groups in total. The molecule has 4 aromatic rings. The number of rotatable bonds is 41. The average Bonchev–Trinajstić information content (AvgIpc) is 1.45. The van der Waals surface area contributed by atoms with Crippen LogP contribution < -0.4 is 81.8 Å². The molecule has 35 heteroatoms. The first-order valence-electron chi connectivity index (χ1n) is 33.0. The molecule has 1 aliphatic rings. The first kappa shape index (κ1) is 81.8. The highest BCUT2D eigenvalue weighted by Crippen LogP contribution is 2.22. The number of benzene rings is 3. The lowest BCUT2D eigenvalue weighted by atomic mass is 9.99. The normalized spacial score (nSPS) is 15.2. The number of aromatic nitrogens is 1. The number of hydrogen-bond acceptors (Lipinski definition) is 18. The fraction of sp³-hybridized carbons (Fsp3) is 0.463. The van der Waals surface area contributed by atoms with Crippen LogP contribution >= 0.6 is 11.6 Å². The topological polar surface area (TPSA) is 558 Å². The van der Waals surface area contributed by atoms with Gasteiger partial charge in [-0.05, 0) is 103 Å². The summed E-state index contributed by atoms with van der Waals surface area (Å²) in [6, 6.07) is 7.15. The van der Waals surface area contributed by atoms with Crippen molar-refractivity contribution in [1.82, 2.24) is 63.1 Å². The third kappa shape index (κ3) is 27.3. The Morgan fingerprint density at radius 1 is 0.588 bits per heavy atom. The molecule has 0 bridgehead atoms. The van der Waals surface area contributed by atoms with Crippen LogP contribution in [0.4, 0.5) is 0 Å². The minimum Gasteiger partial charge on any atom is -0.481 e. The van der Waals surface area contributed by atoms with Gasteiger partial charge < -0.3 is 96.9 Å². The largest absolute Gasteiger partial charge is 0.481 e. The number of carboxylic acid groups (broad SMARTS) is 2. The highest BCUT2D eigenvalue weighted by atomic mass is 35.5. The molecule has 0 unspecified atom stereocenters. The number of aliphatic imine (C=N–C) groups is 1. The van der Waals surface area contributed by atoms with E-state index in [0.29, 0.717) is 28.1 Å². The number of primary amides is 1. The fourth-order valence-corrected chi connectivity index (χ4v) is 11.2. The summed E-state index contributed by atoms with van der Waals surface area (Å²) in [6.07, 6.45) is -0.308. The highest BCUT2D eigenvalue weighted by molar-refractivity contribution is 6.30. The quantitative estimate of drug-likeness (QED) is 0.0117. The van der Waals surface area contributed by atoms with Crippen LogP contribution in [0.1, 0.15) is 95.2 Å². The van der Waals surface area contributed by atoms with E-state index in [9.17, 15) is 77.3 Å². The molecule has 2 heterocycles. The molecule has 1 aliphatic heterocycles. The van der Waals surface area contributed by atoms with Gasteiger partial charge in [0.2, 0.25) is 70.9 Å². The average molecular weight is 1440 g/mol. The number of carbonyl (C=O) groups excluding carboxylic acids is 12. The first-order valence-corrected chi connectivity index (χ1v) is 33.4. The van der Waals surface area contributed by atoms with Gasteiger partial charge in [0, 0.05) is 69.7 Å². The second-order valence-corrected chi connectivity index (χ2v) is 25.3. The van der Waals surface area contributed by atoms with E-state index in [0.717, 1.165) is 10.8 Å². The number of nitrogens with zero attached hydrogens (tertiary/aromatic N) is 3. The number of aliphatic carboxylic acids is 2.